The Hall–Kier alpha value is -1.63. The van der Waals surface area contributed by atoms with E-state index in [4.69, 9.17) is 4.74 Å². The Morgan fingerprint density at radius 2 is 2.14 bits per heavy atom. The molecule has 1 fully saturated rings. The number of nitrogens with zero attached hydrogens (tertiary/aromatic N) is 2. The zero-order chi connectivity index (χ0) is 15.8. The predicted molar refractivity (Wildman–Crippen MR) is 79.0 cm³/mol. The van der Waals surface area contributed by atoms with Gasteiger partial charge in [-0.1, -0.05) is 0 Å². The van der Waals surface area contributed by atoms with Gasteiger partial charge in [-0.25, -0.2) is 9.79 Å². The quantitative estimate of drug-likeness (QED) is 0.751. The lowest BCUT2D eigenvalue weighted by atomic mass is 9.99. The van der Waals surface area contributed by atoms with Crippen molar-refractivity contribution in [2.24, 2.45) is 4.99 Å². The number of guanidine groups is 1. The number of ether oxygens (including phenoxy) is 1. The minimum atomic E-state index is -0.769. The summed E-state index contributed by atoms with van der Waals surface area (Å²) in [4.78, 5) is 30.6. The topological polar surface area (TPSA) is 83.0 Å². The van der Waals surface area contributed by atoms with E-state index in [1.807, 2.05) is 13.8 Å². The molecule has 2 heterocycles. The maximum Gasteiger partial charge on any atom is 0.414 e. The summed E-state index contributed by atoms with van der Waals surface area (Å²) in [6, 6.07) is -0.0776. The molecule has 0 aliphatic carbocycles. The molecule has 0 aromatic heterocycles. The first-order chi connectivity index (χ1) is 9.65. The van der Waals surface area contributed by atoms with E-state index < -0.39 is 17.2 Å². The predicted octanol–water partition coefficient (Wildman–Crippen LogP) is 0.850. The summed E-state index contributed by atoms with van der Waals surface area (Å²) in [6.07, 6.45) is 0.0527. The monoisotopic (exact) mass is 296 g/mol. The fourth-order valence-corrected chi connectivity index (χ4v) is 2.54. The van der Waals surface area contributed by atoms with Crippen molar-refractivity contribution in [3.8, 4) is 0 Å². The standard InChI is InChI=1S/C14H24N4O3/c1-9(2)18-10(19)14(6-7-15-8-14)17-11(18)16-12(20)21-13(3,4)5/h9,15H,6-8H2,1-5H3,(H,16,17,20). The average Bonchev–Trinajstić information content (AvgIpc) is 2.84. The molecular formula is C14H24N4O3. The van der Waals surface area contributed by atoms with Gasteiger partial charge in [-0.15, -0.1) is 0 Å². The third-order valence-corrected chi connectivity index (χ3v) is 3.43. The third-order valence-electron chi connectivity index (χ3n) is 3.43. The Kier molecular flexibility index (Phi) is 3.97. The van der Waals surface area contributed by atoms with Gasteiger partial charge in [0.1, 0.15) is 5.60 Å². The normalized spacial score (nSPS) is 25.7. The molecule has 0 bridgehead atoms. The first kappa shape index (κ1) is 15.8. The molecule has 0 aromatic rings. The van der Waals surface area contributed by atoms with Crippen molar-refractivity contribution in [3.63, 3.8) is 0 Å². The van der Waals surface area contributed by atoms with Crippen LogP contribution in [-0.2, 0) is 9.53 Å². The van der Waals surface area contributed by atoms with Gasteiger partial charge in [-0.3, -0.25) is 15.0 Å². The van der Waals surface area contributed by atoms with Crippen molar-refractivity contribution in [2.75, 3.05) is 13.1 Å². The molecule has 7 heteroatoms. The molecule has 2 rings (SSSR count). The number of alkyl carbamates (subject to hydrolysis) is 1. The van der Waals surface area contributed by atoms with Crippen LogP contribution in [0.15, 0.2) is 4.99 Å². The lowest BCUT2D eigenvalue weighted by Crippen LogP contribution is -2.51. The number of carbonyl (C=O) groups excluding carboxylic acids is 2. The van der Waals surface area contributed by atoms with Crippen LogP contribution in [-0.4, -0.2) is 53.1 Å². The summed E-state index contributed by atoms with van der Waals surface area (Å²) in [5.41, 5.74) is -1.36. The number of amides is 2. The Morgan fingerprint density at radius 3 is 2.62 bits per heavy atom. The van der Waals surface area contributed by atoms with Crippen LogP contribution in [0.3, 0.4) is 0 Å². The van der Waals surface area contributed by atoms with Gasteiger partial charge in [0.25, 0.3) is 5.91 Å². The molecule has 1 unspecified atom stereocenters. The highest BCUT2D eigenvalue weighted by molar-refractivity contribution is 6.11. The highest BCUT2D eigenvalue weighted by Gasteiger charge is 2.51. The number of aliphatic imine (C=N–C) groups is 1. The summed E-state index contributed by atoms with van der Waals surface area (Å²) in [5, 5.41) is 5.77. The molecule has 0 saturated carbocycles. The largest absolute Gasteiger partial charge is 0.444 e. The summed E-state index contributed by atoms with van der Waals surface area (Å²) >= 11 is 0. The van der Waals surface area contributed by atoms with Crippen LogP contribution < -0.4 is 10.6 Å². The van der Waals surface area contributed by atoms with E-state index in [1.54, 1.807) is 20.8 Å². The summed E-state index contributed by atoms with van der Waals surface area (Å²) in [7, 11) is 0. The van der Waals surface area contributed by atoms with E-state index in [2.05, 4.69) is 15.6 Å². The summed E-state index contributed by atoms with van der Waals surface area (Å²) in [5.74, 6) is 0.224. The second-order valence-corrected chi connectivity index (χ2v) is 6.79. The number of hydrogen-bond acceptors (Lipinski definition) is 5. The molecule has 21 heavy (non-hydrogen) atoms. The van der Waals surface area contributed by atoms with Crippen molar-refractivity contribution in [3.05, 3.63) is 0 Å². The molecule has 7 nitrogen and oxygen atoms in total. The van der Waals surface area contributed by atoms with Crippen molar-refractivity contribution in [2.45, 2.75) is 58.2 Å². The van der Waals surface area contributed by atoms with E-state index in [0.29, 0.717) is 13.0 Å². The smallest absolute Gasteiger partial charge is 0.414 e. The fraction of sp³-hybridized carbons (Fsp3) is 0.786. The second kappa shape index (κ2) is 5.29. The number of nitrogens with one attached hydrogen (secondary N) is 2. The third kappa shape index (κ3) is 3.18. The maximum atomic E-state index is 12.6. The van der Waals surface area contributed by atoms with E-state index in [9.17, 15) is 9.59 Å². The van der Waals surface area contributed by atoms with Crippen molar-refractivity contribution < 1.29 is 14.3 Å². The molecule has 2 N–H and O–H groups in total. The van der Waals surface area contributed by atoms with Crippen LogP contribution in [0.2, 0.25) is 0 Å². The number of carbonyl (C=O) groups is 2. The summed E-state index contributed by atoms with van der Waals surface area (Å²) < 4.78 is 5.23. The van der Waals surface area contributed by atoms with Gasteiger partial charge >= 0.3 is 6.09 Å². The van der Waals surface area contributed by atoms with Crippen LogP contribution in [0.4, 0.5) is 4.79 Å². The molecule has 2 amide bonds. The highest BCUT2D eigenvalue weighted by Crippen LogP contribution is 2.29. The van der Waals surface area contributed by atoms with Gasteiger partial charge in [-0.05, 0) is 47.6 Å². The molecule has 118 valence electrons. The SMILES string of the molecule is CC(C)N1C(=O)C2(CCNC2)N=C1NC(=O)OC(C)(C)C. The van der Waals surface area contributed by atoms with E-state index in [0.717, 1.165) is 6.54 Å². The van der Waals surface area contributed by atoms with Crippen molar-refractivity contribution in [1.82, 2.24) is 15.5 Å². The molecule has 1 spiro atoms. The Bertz CT molecular complexity index is 473. The van der Waals surface area contributed by atoms with E-state index >= 15 is 0 Å². The minimum Gasteiger partial charge on any atom is -0.444 e. The maximum absolute atomic E-state index is 12.6. The number of rotatable bonds is 1. The molecule has 0 radical (unpaired) electrons. The van der Waals surface area contributed by atoms with Gasteiger partial charge < -0.3 is 10.1 Å². The molecule has 1 saturated heterocycles. The van der Waals surface area contributed by atoms with E-state index in [1.165, 1.54) is 4.90 Å². The lowest BCUT2D eigenvalue weighted by molar-refractivity contribution is -0.131. The van der Waals surface area contributed by atoms with Gasteiger partial charge in [-0.2, -0.15) is 0 Å². The van der Waals surface area contributed by atoms with Crippen LogP contribution in [0.25, 0.3) is 0 Å². The van der Waals surface area contributed by atoms with Crippen LogP contribution >= 0.6 is 0 Å². The lowest BCUT2D eigenvalue weighted by Gasteiger charge is -2.26. The van der Waals surface area contributed by atoms with Gasteiger partial charge in [0.05, 0.1) is 0 Å². The van der Waals surface area contributed by atoms with Crippen molar-refractivity contribution in [1.29, 1.82) is 0 Å². The molecule has 2 aliphatic rings. The van der Waals surface area contributed by atoms with Crippen LogP contribution in [0, 0.1) is 0 Å². The number of hydrogen-bond donors (Lipinski definition) is 2. The second-order valence-electron chi connectivity index (χ2n) is 6.79. The minimum absolute atomic E-state index is 0.0615. The Morgan fingerprint density at radius 1 is 1.48 bits per heavy atom. The molecule has 1 atom stereocenters. The van der Waals surface area contributed by atoms with Gasteiger partial charge in [0, 0.05) is 12.6 Å². The molecular weight excluding hydrogens is 272 g/mol. The zero-order valence-corrected chi connectivity index (χ0v) is 13.3. The van der Waals surface area contributed by atoms with Gasteiger partial charge in [0.2, 0.25) is 5.96 Å². The highest BCUT2D eigenvalue weighted by atomic mass is 16.6. The van der Waals surface area contributed by atoms with Gasteiger partial charge in [0.15, 0.2) is 5.54 Å². The Labute approximate surface area is 125 Å². The van der Waals surface area contributed by atoms with Crippen LogP contribution in [0.1, 0.15) is 41.0 Å². The van der Waals surface area contributed by atoms with Crippen LogP contribution in [0.5, 0.6) is 0 Å². The molecule has 0 aromatic carbocycles. The fourth-order valence-electron chi connectivity index (χ4n) is 2.54. The van der Waals surface area contributed by atoms with E-state index in [-0.39, 0.29) is 17.9 Å². The van der Waals surface area contributed by atoms with Crippen molar-refractivity contribution >= 4 is 18.0 Å². The average molecular weight is 296 g/mol. The molecule has 2 aliphatic heterocycles. The Balaban J connectivity index is 2.19. The zero-order valence-electron chi connectivity index (χ0n) is 13.3. The summed E-state index contributed by atoms with van der Waals surface area (Å²) in [6.45, 7) is 10.4. The first-order valence-electron chi connectivity index (χ1n) is 7.29. The first-order valence-corrected chi connectivity index (χ1v) is 7.29.